The Balaban J connectivity index is 2.09. The van der Waals surface area contributed by atoms with Gasteiger partial charge in [0.15, 0.2) is 0 Å². The summed E-state index contributed by atoms with van der Waals surface area (Å²) in [5, 5.41) is 0. The molecule has 2 atom stereocenters. The number of carbonyl (C=O) groups is 2. The summed E-state index contributed by atoms with van der Waals surface area (Å²) in [5.41, 5.74) is 3.99. The van der Waals surface area contributed by atoms with Crippen molar-refractivity contribution in [2.45, 2.75) is 15.4 Å². The van der Waals surface area contributed by atoms with Crippen molar-refractivity contribution >= 4 is 28.4 Å². The second-order valence-corrected chi connectivity index (χ2v) is 15.3. The summed E-state index contributed by atoms with van der Waals surface area (Å²) >= 11 is -5.25. The van der Waals surface area contributed by atoms with E-state index in [-0.39, 0.29) is 0 Å². The molecule has 0 spiro atoms. The molecule has 0 fully saturated rings. The standard InChI is InChI=1S/2C9H7.2C3H4O2.C2H4.Ti/c2*1-2-5-9-7-3-6-8(9)4-1;2*1-2-3(4)5;1-2;/h2*1-7H;2*2H,1H2,(H,4,5);1H,2H3;/q;;;;;+2/p-2. The minimum atomic E-state index is -5.25. The van der Waals surface area contributed by atoms with E-state index in [1.165, 1.54) is 0 Å². The molecule has 0 N–H and O–H groups in total. The average Bonchev–Trinajstić information content (AvgIpc) is 3.44. The van der Waals surface area contributed by atoms with Crippen molar-refractivity contribution in [3.63, 3.8) is 0 Å². The third-order valence-electron chi connectivity index (χ3n) is 6.37. The number of rotatable bonds is 6. The first-order valence-corrected chi connectivity index (χ1v) is 14.2. The normalized spacial score (nSPS) is 18.6. The molecule has 2 aliphatic rings. The van der Waals surface area contributed by atoms with Crippen LogP contribution in [0.1, 0.15) is 37.6 Å². The van der Waals surface area contributed by atoms with E-state index in [2.05, 4.69) is 13.2 Å². The van der Waals surface area contributed by atoms with Crippen LogP contribution in [-0.2, 0) is 31.8 Å². The number of carbonyl (C=O) groups excluding carboxylic acids is 2. The predicted molar refractivity (Wildman–Crippen MR) is 121 cm³/mol. The van der Waals surface area contributed by atoms with Crippen molar-refractivity contribution in [2.24, 2.45) is 0 Å². The first kappa shape index (κ1) is 21.2. The Morgan fingerprint density at radius 1 is 0.806 bits per heavy atom. The Hall–Kier alpha value is -3.08. The monoisotopic (exact) mass is 448 g/mol. The van der Waals surface area contributed by atoms with Crippen LogP contribution in [0.5, 0.6) is 0 Å². The molecule has 2 unspecified atom stereocenters. The van der Waals surface area contributed by atoms with Crippen LogP contribution in [0.15, 0.2) is 86.0 Å². The quantitative estimate of drug-likeness (QED) is 0.443. The Bertz CT molecular complexity index is 1140. The van der Waals surface area contributed by atoms with Crippen LogP contribution in [0.3, 0.4) is 0 Å². The molecule has 2 aromatic rings. The molecule has 0 saturated heterocycles. The van der Waals surface area contributed by atoms with E-state index < -0.39 is 36.0 Å². The van der Waals surface area contributed by atoms with E-state index in [9.17, 15) is 9.59 Å². The molecular weight excluding hydrogens is 424 g/mol. The van der Waals surface area contributed by atoms with Gasteiger partial charge in [0.2, 0.25) is 0 Å². The van der Waals surface area contributed by atoms with E-state index in [1.54, 1.807) is 0 Å². The van der Waals surface area contributed by atoms with Crippen molar-refractivity contribution < 1.29 is 31.8 Å². The fourth-order valence-corrected chi connectivity index (χ4v) is 13.7. The third-order valence-corrected chi connectivity index (χ3v) is 15.5. The fourth-order valence-electron chi connectivity index (χ4n) is 4.95. The van der Waals surface area contributed by atoms with Crippen LogP contribution in [0.2, 0.25) is 0 Å². The van der Waals surface area contributed by atoms with E-state index in [0.717, 1.165) is 34.4 Å². The molecule has 4 rings (SSSR count). The predicted octanol–water partition coefficient (Wildman–Crippen LogP) is 5.32. The fraction of sp³-hybridized carbons (Fsp3) is 0.115. The zero-order valence-electron chi connectivity index (χ0n) is 17.4. The maximum absolute atomic E-state index is 12.8. The number of hydrogen-bond acceptors (Lipinski definition) is 4. The van der Waals surface area contributed by atoms with Crippen LogP contribution in [0.4, 0.5) is 0 Å². The molecule has 31 heavy (non-hydrogen) atoms. The van der Waals surface area contributed by atoms with Gasteiger partial charge in [0.25, 0.3) is 0 Å². The van der Waals surface area contributed by atoms with Gasteiger partial charge in [-0.05, 0) is 0 Å². The van der Waals surface area contributed by atoms with Gasteiger partial charge in [0.05, 0.1) is 0 Å². The molecule has 5 heteroatoms. The van der Waals surface area contributed by atoms with Gasteiger partial charge >= 0.3 is 184 Å². The average molecular weight is 448 g/mol. The van der Waals surface area contributed by atoms with E-state index >= 15 is 0 Å². The first-order chi connectivity index (χ1) is 15.0. The second kappa shape index (κ2) is 7.88. The Morgan fingerprint density at radius 2 is 1.23 bits per heavy atom. The SMILES string of the molecule is C=CC(=O)[O][Ti](=[CH]C)([O]C(=O)C=C)([CH]1C=Cc2ccccc21)[CH]1C=Cc2ccccc21. The van der Waals surface area contributed by atoms with E-state index in [1.807, 2.05) is 84.1 Å². The number of hydrogen-bond donors (Lipinski definition) is 0. The number of benzene rings is 2. The summed E-state index contributed by atoms with van der Waals surface area (Å²) in [6.45, 7) is 9.02. The zero-order chi connectivity index (χ0) is 22.1. The molecule has 2 aromatic carbocycles. The minimum absolute atomic E-state index is 0.396. The van der Waals surface area contributed by atoms with Crippen molar-refractivity contribution in [2.75, 3.05) is 0 Å². The van der Waals surface area contributed by atoms with Crippen LogP contribution < -0.4 is 0 Å². The molecular formula is C26H24O4Ti. The molecule has 0 saturated carbocycles. The zero-order valence-corrected chi connectivity index (χ0v) is 18.9. The van der Waals surface area contributed by atoms with Gasteiger partial charge in [-0.2, -0.15) is 0 Å². The molecule has 0 radical (unpaired) electrons. The summed E-state index contributed by atoms with van der Waals surface area (Å²) in [7, 11) is 0. The maximum atomic E-state index is 12.8. The summed E-state index contributed by atoms with van der Waals surface area (Å²) in [4.78, 5) is 25.6. The summed E-state index contributed by atoms with van der Waals surface area (Å²) in [6, 6.07) is 15.8. The topological polar surface area (TPSA) is 52.6 Å². The Kier molecular flexibility index (Phi) is 5.38. The van der Waals surface area contributed by atoms with Gasteiger partial charge in [-0.3, -0.25) is 0 Å². The summed E-state index contributed by atoms with van der Waals surface area (Å²) < 4.78 is 13.8. The number of allylic oxidation sites excluding steroid dienone is 2. The van der Waals surface area contributed by atoms with Gasteiger partial charge in [-0.15, -0.1) is 0 Å². The van der Waals surface area contributed by atoms with Gasteiger partial charge in [0.1, 0.15) is 0 Å². The molecule has 0 bridgehead atoms. The van der Waals surface area contributed by atoms with Gasteiger partial charge < -0.3 is 0 Å². The van der Waals surface area contributed by atoms with E-state index in [0.29, 0.717) is 0 Å². The van der Waals surface area contributed by atoms with Crippen LogP contribution >= 0.6 is 0 Å². The van der Waals surface area contributed by atoms with Crippen molar-refractivity contribution in [3.8, 4) is 0 Å². The van der Waals surface area contributed by atoms with Crippen LogP contribution in [0.25, 0.3) is 12.2 Å². The molecule has 2 aliphatic carbocycles. The first-order valence-electron chi connectivity index (χ1n) is 10.2. The number of fused-ring (bicyclic) bond motifs is 2. The molecule has 0 amide bonds. The van der Waals surface area contributed by atoms with Crippen LogP contribution in [-0.4, -0.2) is 16.3 Å². The Morgan fingerprint density at radius 3 is 1.61 bits per heavy atom. The Labute approximate surface area is 183 Å². The molecule has 0 aliphatic heterocycles. The van der Waals surface area contributed by atoms with Gasteiger partial charge in [-0.1, -0.05) is 0 Å². The molecule has 156 valence electrons. The molecule has 0 heterocycles. The van der Waals surface area contributed by atoms with Crippen molar-refractivity contribution in [1.82, 2.24) is 0 Å². The van der Waals surface area contributed by atoms with Gasteiger partial charge in [-0.25, -0.2) is 0 Å². The van der Waals surface area contributed by atoms with Gasteiger partial charge in [0, 0.05) is 0 Å². The second-order valence-electron chi connectivity index (χ2n) is 7.76. The van der Waals surface area contributed by atoms with Crippen molar-refractivity contribution in [1.29, 1.82) is 0 Å². The van der Waals surface area contributed by atoms with Crippen molar-refractivity contribution in [3.05, 3.63) is 108 Å². The summed E-state index contributed by atoms with van der Waals surface area (Å²) in [6.07, 6.45) is 10.3. The molecule has 4 nitrogen and oxygen atoms in total. The van der Waals surface area contributed by atoms with Crippen LogP contribution in [0, 0.1) is 0 Å². The third kappa shape index (κ3) is 3.15. The molecule has 0 aromatic heterocycles. The van der Waals surface area contributed by atoms with E-state index in [4.69, 9.17) is 6.64 Å². The summed E-state index contributed by atoms with van der Waals surface area (Å²) in [5.74, 6) is -1.22.